The Balaban J connectivity index is 5.12. The zero-order valence-electron chi connectivity index (χ0n) is 48.1. The van der Waals surface area contributed by atoms with Crippen molar-refractivity contribution in [2.75, 3.05) is 40.9 Å². The lowest BCUT2D eigenvalue weighted by Gasteiger charge is -2.30. The molecule has 0 aromatic carbocycles. The third-order valence-corrected chi connectivity index (χ3v) is 13.8. The minimum atomic E-state index is -4.70. The van der Waals surface area contributed by atoms with Crippen LogP contribution in [0.25, 0.3) is 0 Å². The average molecular weight is 1040 g/mol. The fourth-order valence-electron chi connectivity index (χ4n) is 8.18. The van der Waals surface area contributed by atoms with E-state index in [9.17, 15) is 19.0 Å². The van der Waals surface area contributed by atoms with Crippen LogP contribution in [-0.2, 0) is 27.9 Å². The zero-order valence-corrected chi connectivity index (χ0v) is 49.0. The number of quaternary nitrogens is 1. The molecule has 0 spiro atoms. The molecule has 0 saturated carbocycles. The monoisotopic (exact) mass is 1040 g/mol. The Bertz CT molecular complexity index is 1530. The molecule has 0 saturated heterocycles. The fraction of sp³-hybridized carbons (Fsp3) is 0.746. The van der Waals surface area contributed by atoms with E-state index in [4.69, 9.17) is 13.8 Å². The smallest absolute Gasteiger partial charge is 0.306 e. The number of hydrogen-bond donors (Lipinski definition) is 1. The van der Waals surface area contributed by atoms with Gasteiger partial charge in [-0.05, 0) is 96.0 Å². The lowest BCUT2D eigenvalue weighted by atomic mass is 10.0. The lowest BCUT2D eigenvalue weighted by molar-refractivity contribution is -0.870. The predicted molar refractivity (Wildman–Crippen MR) is 311 cm³/mol. The molecule has 9 nitrogen and oxygen atoms in total. The largest absolute Gasteiger partial charge is 0.756 e. The van der Waals surface area contributed by atoms with Crippen LogP contribution in [0.4, 0.5) is 0 Å². The number of rotatable bonds is 53. The second-order valence-electron chi connectivity index (χ2n) is 21.1. The summed E-state index contributed by atoms with van der Waals surface area (Å²) in [6.07, 6.45) is 68.4. The van der Waals surface area contributed by atoms with Gasteiger partial charge in [0.15, 0.2) is 0 Å². The number of esters is 1. The Morgan fingerprint density at radius 1 is 0.493 bits per heavy atom. The number of amides is 1. The van der Waals surface area contributed by atoms with E-state index in [1.54, 1.807) is 0 Å². The van der Waals surface area contributed by atoms with Crippen molar-refractivity contribution >= 4 is 19.7 Å². The van der Waals surface area contributed by atoms with E-state index in [0.29, 0.717) is 17.4 Å². The van der Waals surface area contributed by atoms with Gasteiger partial charge in [-0.2, -0.15) is 0 Å². The summed E-state index contributed by atoms with van der Waals surface area (Å²) in [5, 5.41) is 3.01. The molecule has 3 atom stereocenters. The van der Waals surface area contributed by atoms with Crippen molar-refractivity contribution in [2.45, 2.75) is 264 Å². The molecule has 73 heavy (non-hydrogen) atoms. The summed E-state index contributed by atoms with van der Waals surface area (Å²) in [6.45, 7) is 6.66. The van der Waals surface area contributed by atoms with Crippen molar-refractivity contribution in [2.24, 2.45) is 0 Å². The molecular weight excluding hydrogens is 928 g/mol. The molecule has 3 unspecified atom stereocenters. The van der Waals surface area contributed by atoms with Gasteiger partial charge in [0.1, 0.15) is 19.3 Å². The normalized spacial score (nSPS) is 14.3. The molecule has 0 bridgehead atoms. The summed E-state index contributed by atoms with van der Waals surface area (Å²) in [7, 11) is 1.17. The van der Waals surface area contributed by atoms with Gasteiger partial charge >= 0.3 is 5.97 Å². The first-order valence-corrected chi connectivity index (χ1v) is 31.4. The van der Waals surface area contributed by atoms with E-state index in [-0.39, 0.29) is 24.9 Å². The molecule has 0 aromatic rings. The van der Waals surface area contributed by atoms with Crippen molar-refractivity contribution in [3.8, 4) is 0 Å². The maximum atomic E-state index is 13.5. The van der Waals surface area contributed by atoms with Crippen LogP contribution in [0.1, 0.15) is 252 Å². The summed E-state index contributed by atoms with van der Waals surface area (Å²) in [4.78, 5) is 39.8. The number of nitrogens with one attached hydrogen (secondary N) is 1. The Hall–Kier alpha value is -2.81. The van der Waals surface area contributed by atoms with Gasteiger partial charge in [0, 0.05) is 12.8 Å². The summed E-state index contributed by atoms with van der Waals surface area (Å²) in [5.74, 6) is -0.563. The number of allylic oxidation sites excluding steroid dienone is 13. The molecule has 0 fully saturated rings. The molecule has 0 radical (unpaired) electrons. The summed E-state index contributed by atoms with van der Waals surface area (Å²) in [6, 6.07) is -0.897. The highest BCUT2D eigenvalue weighted by atomic mass is 31.2. The number of phosphoric ester groups is 1. The molecule has 0 heterocycles. The summed E-state index contributed by atoms with van der Waals surface area (Å²) >= 11 is 0. The average Bonchev–Trinajstić information content (AvgIpc) is 3.35. The van der Waals surface area contributed by atoms with Crippen LogP contribution in [0, 0.1) is 0 Å². The van der Waals surface area contributed by atoms with Gasteiger partial charge in [0.25, 0.3) is 7.82 Å². The van der Waals surface area contributed by atoms with Gasteiger partial charge in [-0.3, -0.25) is 14.2 Å². The van der Waals surface area contributed by atoms with Gasteiger partial charge < -0.3 is 28.5 Å². The third-order valence-electron chi connectivity index (χ3n) is 12.8. The first-order valence-electron chi connectivity index (χ1n) is 29.9. The SMILES string of the molecule is CC/C=C\C/C=C\C/C=C\C/C=C\C/C=C\CCCCCCCCCCCC(=O)NC(COP(=O)([O-])OCC[N+](C)(C)C)C(/C=C\CCCCCCCCCCC)OC(=O)CCCCCCC/C=C\CCCC. The van der Waals surface area contributed by atoms with Gasteiger partial charge in [0.05, 0.1) is 33.8 Å². The number of phosphoric acid groups is 1. The molecule has 1 N–H and O–H groups in total. The van der Waals surface area contributed by atoms with Crippen LogP contribution < -0.4 is 10.2 Å². The number of hydrogen-bond acceptors (Lipinski definition) is 7. The van der Waals surface area contributed by atoms with Crippen LogP contribution in [0.3, 0.4) is 0 Å². The Kier molecular flexibility index (Phi) is 50.6. The van der Waals surface area contributed by atoms with E-state index in [0.717, 1.165) is 128 Å². The first-order chi connectivity index (χ1) is 35.4. The maximum Gasteiger partial charge on any atom is 0.306 e. The molecule has 0 aliphatic rings. The zero-order chi connectivity index (χ0) is 53.6. The Morgan fingerprint density at radius 3 is 1.37 bits per heavy atom. The van der Waals surface area contributed by atoms with E-state index in [1.807, 2.05) is 33.3 Å². The fourth-order valence-corrected chi connectivity index (χ4v) is 8.90. The Morgan fingerprint density at radius 2 is 0.890 bits per heavy atom. The quantitative estimate of drug-likeness (QED) is 0.0212. The predicted octanol–water partition coefficient (Wildman–Crippen LogP) is 17.6. The van der Waals surface area contributed by atoms with Crippen LogP contribution in [0.2, 0.25) is 0 Å². The van der Waals surface area contributed by atoms with Crippen LogP contribution in [-0.4, -0.2) is 69.4 Å². The van der Waals surface area contributed by atoms with Gasteiger partial charge in [0.2, 0.25) is 5.91 Å². The number of likely N-dealkylation sites (N-methyl/N-ethyl adjacent to an activating group) is 1. The van der Waals surface area contributed by atoms with Gasteiger partial charge in [-0.15, -0.1) is 0 Å². The topological polar surface area (TPSA) is 114 Å². The van der Waals surface area contributed by atoms with Crippen LogP contribution >= 0.6 is 7.82 Å². The van der Waals surface area contributed by atoms with Gasteiger partial charge in [-0.1, -0.05) is 228 Å². The van der Waals surface area contributed by atoms with Crippen LogP contribution in [0.15, 0.2) is 85.1 Å². The standard InChI is InChI=1S/C63H113N2O7P/c1-7-10-13-16-19-22-25-26-27-28-29-30-31-32-33-34-35-36-37-38-41-43-46-49-52-55-62(66)64-60(59-71-73(68,69)70-58-57-65(4,5)6)61(54-51-48-45-42-39-23-20-17-14-11-8-2)72-63(67)56-53-50-47-44-40-24-21-18-15-12-9-3/h10,13,18-19,21-22,26-27,29-30,32-33,51,54,60-61H,7-9,11-12,14-17,20,23-25,28,31,34-50,52-53,55-59H2,1-6H3,(H-,64,66,68,69)/b13-10-,21-18-,22-19-,27-26-,30-29-,33-32-,54-51-. The van der Waals surface area contributed by atoms with Crippen molar-refractivity contribution < 1.29 is 37.3 Å². The van der Waals surface area contributed by atoms with Crippen LogP contribution in [0.5, 0.6) is 0 Å². The van der Waals surface area contributed by atoms with Gasteiger partial charge in [-0.25, -0.2) is 0 Å². The second-order valence-corrected chi connectivity index (χ2v) is 22.5. The molecule has 0 aromatic heterocycles. The first kappa shape index (κ1) is 70.2. The Labute approximate surface area is 450 Å². The maximum absolute atomic E-state index is 13.5. The lowest BCUT2D eigenvalue weighted by Crippen LogP contribution is -2.47. The molecule has 1 amide bonds. The molecule has 422 valence electrons. The molecule has 0 aliphatic carbocycles. The van der Waals surface area contributed by atoms with E-state index >= 15 is 0 Å². The third kappa shape index (κ3) is 53.8. The summed E-state index contributed by atoms with van der Waals surface area (Å²) < 4.78 is 30.2. The number of nitrogens with zero attached hydrogens (tertiary/aromatic N) is 1. The second kappa shape index (κ2) is 52.6. The number of unbranched alkanes of at least 4 members (excludes halogenated alkanes) is 25. The number of ether oxygens (including phenoxy) is 1. The molecule has 0 rings (SSSR count). The molecule has 10 heteroatoms. The van der Waals surface area contributed by atoms with Crippen molar-refractivity contribution in [3.63, 3.8) is 0 Å². The summed E-state index contributed by atoms with van der Waals surface area (Å²) in [5.41, 5.74) is 0. The molecule has 0 aliphatic heterocycles. The highest BCUT2D eigenvalue weighted by Crippen LogP contribution is 2.38. The van der Waals surface area contributed by atoms with Crippen molar-refractivity contribution in [1.82, 2.24) is 5.32 Å². The van der Waals surface area contributed by atoms with E-state index in [2.05, 4.69) is 99.0 Å². The minimum absolute atomic E-state index is 0.0279. The van der Waals surface area contributed by atoms with Crippen molar-refractivity contribution in [3.05, 3.63) is 85.1 Å². The van der Waals surface area contributed by atoms with E-state index in [1.165, 1.54) is 89.9 Å². The highest BCUT2D eigenvalue weighted by molar-refractivity contribution is 7.45. The number of carbonyl (C=O) groups is 2. The molecular formula is C63H113N2O7P. The van der Waals surface area contributed by atoms with E-state index < -0.39 is 26.6 Å². The highest BCUT2D eigenvalue weighted by Gasteiger charge is 2.27. The minimum Gasteiger partial charge on any atom is -0.756 e. The number of carbonyl (C=O) groups excluding carboxylic acids is 2. The van der Waals surface area contributed by atoms with Crippen molar-refractivity contribution in [1.29, 1.82) is 0 Å².